The van der Waals surface area contributed by atoms with Crippen molar-refractivity contribution in [3.63, 3.8) is 0 Å². The van der Waals surface area contributed by atoms with Gasteiger partial charge in [0.2, 0.25) is 0 Å². The predicted molar refractivity (Wildman–Crippen MR) is 63.2 cm³/mol. The SMILES string of the molecule is C[C@H]1C=C2C(=O)O[C@@H]3C(C)(C)C[C@](C)(C1)[C@]23O. The Balaban J connectivity index is 2.24. The molecule has 0 aromatic carbocycles. The lowest BCUT2D eigenvalue weighted by Crippen LogP contribution is -2.51. The third-order valence-corrected chi connectivity index (χ3v) is 4.93. The zero-order valence-corrected chi connectivity index (χ0v) is 10.9. The highest BCUT2D eigenvalue weighted by Crippen LogP contribution is 2.65. The monoisotopic (exact) mass is 236 g/mol. The van der Waals surface area contributed by atoms with E-state index >= 15 is 0 Å². The third kappa shape index (κ3) is 1.09. The van der Waals surface area contributed by atoms with Crippen LogP contribution >= 0.6 is 0 Å². The Morgan fingerprint density at radius 2 is 2.06 bits per heavy atom. The Bertz CT molecular complexity index is 437. The van der Waals surface area contributed by atoms with Gasteiger partial charge in [-0.15, -0.1) is 0 Å². The largest absolute Gasteiger partial charge is 0.455 e. The first kappa shape index (κ1) is 11.3. The van der Waals surface area contributed by atoms with Crippen molar-refractivity contribution in [2.75, 3.05) is 0 Å². The fraction of sp³-hybridized carbons (Fsp3) is 0.786. The maximum absolute atomic E-state index is 11.9. The second kappa shape index (κ2) is 2.77. The van der Waals surface area contributed by atoms with Crippen LogP contribution in [0.5, 0.6) is 0 Å². The molecule has 4 atom stereocenters. The van der Waals surface area contributed by atoms with Gasteiger partial charge in [-0.25, -0.2) is 4.79 Å². The third-order valence-electron chi connectivity index (χ3n) is 4.93. The van der Waals surface area contributed by atoms with E-state index in [0.29, 0.717) is 11.5 Å². The zero-order valence-electron chi connectivity index (χ0n) is 10.9. The molecule has 0 aromatic heterocycles. The first-order chi connectivity index (χ1) is 7.71. The van der Waals surface area contributed by atoms with E-state index in [9.17, 15) is 9.90 Å². The van der Waals surface area contributed by atoms with E-state index in [2.05, 4.69) is 27.7 Å². The molecule has 3 nitrogen and oxygen atoms in total. The van der Waals surface area contributed by atoms with Crippen molar-refractivity contribution in [2.24, 2.45) is 16.7 Å². The van der Waals surface area contributed by atoms with E-state index in [0.717, 1.165) is 12.8 Å². The molecule has 2 fully saturated rings. The van der Waals surface area contributed by atoms with E-state index in [1.54, 1.807) is 0 Å². The van der Waals surface area contributed by atoms with Crippen LogP contribution in [0, 0.1) is 16.7 Å². The number of carbonyl (C=O) groups excluding carboxylic acids is 1. The lowest BCUT2D eigenvalue weighted by Gasteiger charge is -2.42. The first-order valence-corrected chi connectivity index (χ1v) is 6.36. The zero-order chi connectivity index (χ0) is 12.6. The number of rotatable bonds is 0. The molecule has 3 aliphatic rings. The summed E-state index contributed by atoms with van der Waals surface area (Å²) in [7, 11) is 0. The summed E-state index contributed by atoms with van der Waals surface area (Å²) in [6.07, 6.45) is 3.34. The molecule has 0 spiro atoms. The van der Waals surface area contributed by atoms with Crippen molar-refractivity contribution in [1.82, 2.24) is 0 Å². The maximum atomic E-state index is 11.9. The average molecular weight is 236 g/mol. The van der Waals surface area contributed by atoms with Gasteiger partial charge in [0.25, 0.3) is 0 Å². The topological polar surface area (TPSA) is 46.5 Å². The normalized spacial score (nSPS) is 50.9. The van der Waals surface area contributed by atoms with Crippen LogP contribution in [0.3, 0.4) is 0 Å². The Morgan fingerprint density at radius 3 is 2.71 bits per heavy atom. The van der Waals surface area contributed by atoms with Gasteiger partial charge in [-0.3, -0.25) is 0 Å². The van der Waals surface area contributed by atoms with E-state index in [1.165, 1.54) is 0 Å². The molecule has 94 valence electrons. The van der Waals surface area contributed by atoms with Crippen LogP contribution < -0.4 is 0 Å². The number of allylic oxidation sites excluding steroid dienone is 1. The minimum atomic E-state index is -1.07. The van der Waals surface area contributed by atoms with Crippen LogP contribution in [0.2, 0.25) is 0 Å². The average Bonchev–Trinajstić information content (AvgIpc) is 2.49. The van der Waals surface area contributed by atoms with Crippen LogP contribution in [-0.4, -0.2) is 22.8 Å². The molecule has 0 amide bonds. The molecule has 3 heteroatoms. The Hall–Kier alpha value is -0.830. The van der Waals surface area contributed by atoms with Crippen molar-refractivity contribution in [1.29, 1.82) is 0 Å². The molecule has 0 unspecified atom stereocenters. The maximum Gasteiger partial charge on any atom is 0.337 e. The molecular formula is C14H20O3. The van der Waals surface area contributed by atoms with Gasteiger partial charge in [0.15, 0.2) is 0 Å². The van der Waals surface area contributed by atoms with Gasteiger partial charge in [0.05, 0.1) is 5.57 Å². The highest BCUT2D eigenvalue weighted by Gasteiger charge is 2.73. The summed E-state index contributed by atoms with van der Waals surface area (Å²) in [5, 5.41) is 11.1. The fourth-order valence-corrected chi connectivity index (χ4v) is 4.63. The fourth-order valence-electron chi connectivity index (χ4n) is 4.63. The second-order valence-electron chi connectivity index (χ2n) is 7.04. The standard InChI is InChI=1S/C14H20O3/c1-8-5-9-10(15)17-11-12(2,3)7-13(4,6-8)14(9,11)16/h5,8,11,16H,6-7H2,1-4H3/t8-,11+,13-,14-/m0/s1. The van der Waals surface area contributed by atoms with Gasteiger partial charge in [-0.2, -0.15) is 0 Å². The van der Waals surface area contributed by atoms with E-state index in [4.69, 9.17) is 4.74 Å². The van der Waals surface area contributed by atoms with Crippen molar-refractivity contribution in [3.8, 4) is 0 Å². The smallest absolute Gasteiger partial charge is 0.337 e. The van der Waals surface area contributed by atoms with Crippen molar-refractivity contribution < 1.29 is 14.6 Å². The molecule has 2 aliphatic carbocycles. The highest BCUT2D eigenvalue weighted by molar-refractivity contribution is 5.94. The molecule has 1 saturated heterocycles. The number of ether oxygens (including phenoxy) is 1. The highest BCUT2D eigenvalue weighted by atomic mass is 16.6. The molecule has 1 aliphatic heterocycles. The number of esters is 1. The van der Waals surface area contributed by atoms with E-state index in [1.807, 2.05) is 6.08 Å². The molecule has 1 saturated carbocycles. The molecular weight excluding hydrogens is 216 g/mol. The summed E-state index contributed by atoms with van der Waals surface area (Å²) in [6, 6.07) is 0. The Kier molecular flexibility index (Phi) is 1.84. The van der Waals surface area contributed by atoms with Crippen LogP contribution in [0.1, 0.15) is 40.5 Å². The Morgan fingerprint density at radius 1 is 1.41 bits per heavy atom. The summed E-state index contributed by atoms with van der Waals surface area (Å²) in [5.74, 6) is 0.0125. The van der Waals surface area contributed by atoms with Gasteiger partial charge in [-0.05, 0) is 18.8 Å². The molecule has 1 N–H and O–H groups in total. The molecule has 1 heterocycles. The van der Waals surface area contributed by atoms with Crippen LogP contribution in [-0.2, 0) is 9.53 Å². The number of carbonyl (C=O) groups is 1. The van der Waals surface area contributed by atoms with Gasteiger partial charge in [0.1, 0.15) is 11.7 Å². The summed E-state index contributed by atoms with van der Waals surface area (Å²) in [6.45, 7) is 8.37. The number of aliphatic hydroxyl groups is 1. The molecule has 0 bridgehead atoms. The van der Waals surface area contributed by atoms with Crippen LogP contribution in [0.25, 0.3) is 0 Å². The van der Waals surface area contributed by atoms with Gasteiger partial charge in [-0.1, -0.05) is 33.8 Å². The van der Waals surface area contributed by atoms with E-state index < -0.39 is 5.60 Å². The summed E-state index contributed by atoms with van der Waals surface area (Å²) in [5.41, 5.74) is -0.954. The van der Waals surface area contributed by atoms with Gasteiger partial charge < -0.3 is 9.84 Å². The summed E-state index contributed by atoms with van der Waals surface area (Å²) >= 11 is 0. The first-order valence-electron chi connectivity index (χ1n) is 6.36. The predicted octanol–water partition coefficient (Wildman–Crippen LogP) is 2.05. The van der Waals surface area contributed by atoms with Crippen molar-refractivity contribution >= 4 is 5.97 Å². The van der Waals surface area contributed by atoms with Crippen LogP contribution in [0.15, 0.2) is 11.6 Å². The molecule has 0 radical (unpaired) electrons. The minimum absolute atomic E-state index is 0.154. The molecule has 3 rings (SSSR count). The number of hydrogen-bond acceptors (Lipinski definition) is 3. The van der Waals surface area contributed by atoms with Crippen molar-refractivity contribution in [2.45, 2.75) is 52.2 Å². The second-order valence-corrected chi connectivity index (χ2v) is 7.04. The quantitative estimate of drug-likeness (QED) is 0.655. The van der Waals surface area contributed by atoms with Gasteiger partial charge in [0, 0.05) is 10.8 Å². The minimum Gasteiger partial charge on any atom is -0.455 e. The van der Waals surface area contributed by atoms with Crippen molar-refractivity contribution in [3.05, 3.63) is 11.6 Å². The number of hydrogen-bond donors (Lipinski definition) is 1. The lowest BCUT2D eigenvalue weighted by atomic mass is 9.63. The molecule has 0 aromatic rings. The summed E-state index contributed by atoms with van der Waals surface area (Å²) in [4.78, 5) is 11.9. The van der Waals surface area contributed by atoms with Crippen LogP contribution in [0.4, 0.5) is 0 Å². The lowest BCUT2D eigenvalue weighted by molar-refractivity contribution is -0.146. The summed E-state index contributed by atoms with van der Waals surface area (Å²) < 4.78 is 5.47. The van der Waals surface area contributed by atoms with E-state index in [-0.39, 0.29) is 22.9 Å². The Labute approximate surface area is 102 Å². The molecule has 17 heavy (non-hydrogen) atoms. The van der Waals surface area contributed by atoms with Gasteiger partial charge >= 0.3 is 5.97 Å².